The zero-order valence-electron chi connectivity index (χ0n) is 10.5. The van der Waals surface area contributed by atoms with Gasteiger partial charge in [0.25, 0.3) is 5.91 Å². The number of amides is 1. The molecule has 0 aliphatic heterocycles. The molecular formula is C13H12N4O3. The number of rotatable bonds is 4. The first kappa shape index (κ1) is 13.7. The fourth-order valence-electron chi connectivity index (χ4n) is 1.34. The van der Waals surface area contributed by atoms with Crippen molar-refractivity contribution < 1.29 is 14.4 Å². The van der Waals surface area contributed by atoms with E-state index in [9.17, 15) is 4.79 Å². The Hall–Kier alpha value is -2.72. The van der Waals surface area contributed by atoms with Crippen LogP contribution in [0.2, 0.25) is 0 Å². The normalized spacial score (nSPS) is 9.65. The number of aliphatic hydroxyl groups excluding tert-OH is 1. The molecule has 0 aliphatic rings. The van der Waals surface area contributed by atoms with E-state index >= 15 is 0 Å². The zero-order chi connectivity index (χ0) is 14.2. The summed E-state index contributed by atoms with van der Waals surface area (Å²) in [7, 11) is 0. The van der Waals surface area contributed by atoms with Crippen molar-refractivity contribution in [3.05, 3.63) is 41.8 Å². The Labute approximate surface area is 115 Å². The molecule has 20 heavy (non-hydrogen) atoms. The summed E-state index contributed by atoms with van der Waals surface area (Å²) in [5.74, 6) is 5.67. The summed E-state index contributed by atoms with van der Waals surface area (Å²) in [5.41, 5.74) is 0.967. The number of hydrogen-bond acceptors (Lipinski definition) is 6. The van der Waals surface area contributed by atoms with Gasteiger partial charge in [-0.05, 0) is 12.1 Å². The van der Waals surface area contributed by atoms with Crippen LogP contribution in [0.25, 0.3) is 0 Å². The van der Waals surface area contributed by atoms with Crippen molar-refractivity contribution in [1.29, 1.82) is 0 Å². The van der Waals surface area contributed by atoms with Crippen LogP contribution < -0.4 is 5.32 Å². The van der Waals surface area contributed by atoms with Gasteiger partial charge in [0, 0.05) is 18.2 Å². The molecular weight excluding hydrogens is 260 g/mol. The first-order valence-corrected chi connectivity index (χ1v) is 5.89. The standard InChI is InChI=1S/C13H12N4O3/c18-6-2-1-3-10-4-5-11(14-7-10)13(19)15-8-12-16-9-20-17-12/h4-5,7,9,18H,2,6,8H2,(H,15,19). The monoisotopic (exact) mass is 272 g/mol. The lowest BCUT2D eigenvalue weighted by atomic mass is 10.2. The Kier molecular flexibility index (Phi) is 4.81. The summed E-state index contributed by atoms with van der Waals surface area (Å²) in [6.45, 7) is 0.200. The Morgan fingerprint density at radius 3 is 2.95 bits per heavy atom. The molecule has 2 heterocycles. The van der Waals surface area contributed by atoms with Crippen molar-refractivity contribution in [2.75, 3.05) is 6.61 Å². The van der Waals surface area contributed by atoms with E-state index in [-0.39, 0.29) is 24.8 Å². The third kappa shape index (κ3) is 3.90. The highest BCUT2D eigenvalue weighted by Crippen LogP contribution is 1.99. The van der Waals surface area contributed by atoms with Crippen molar-refractivity contribution in [2.45, 2.75) is 13.0 Å². The van der Waals surface area contributed by atoms with Crippen LogP contribution in [-0.4, -0.2) is 32.7 Å². The summed E-state index contributed by atoms with van der Waals surface area (Å²) in [6, 6.07) is 3.27. The lowest BCUT2D eigenvalue weighted by molar-refractivity contribution is 0.0944. The van der Waals surface area contributed by atoms with Gasteiger partial charge >= 0.3 is 0 Å². The molecule has 0 spiro atoms. The largest absolute Gasteiger partial charge is 0.395 e. The number of carbonyl (C=O) groups excluding carboxylic acids is 1. The van der Waals surface area contributed by atoms with Crippen molar-refractivity contribution in [3.8, 4) is 11.8 Å². The molecule has 0 unspecified atom stereocenters. The second-order valence-corrected chi connectivity index (χ2v) is 3.74. The molecule has 7 nitrogen and oxygen atoms in total. The van der Waals surface area contributed by atoms with Crippen LogP contribution in [0.1, 0.15) is 28.3 Å². The molecule has 1 amide bonds. The minimum absolute atomic E-state index is 0.0248. The molecule has 102 valence electrons. The number of pyridine rings is 1. The Bertz CT molecular complexity index is 611. The maximum absolute atomic E-state index is 11.8. The van der Waals surface area contributed by atoms with E-state index in [1.165, 1.54) is 12.6 Å². The van der Waals surface area contributed by atoms with E-state index in [2.05, 4.69) is 36.8 Å². The van der Waals surface area contributed by atoms with Crippen molar-refractivity contribution in [2.24, 2.45) is 0 Å². The van der Waals surface area contributed by atoms with E-state index in [4.69, 9.17) is 5.11 Å². The maximum Gasteiger partial charge on any atom is 0.270 e. The average Bonchev–Trinajstić information content (AvgIpc) is 2.99. The minimum atomic E-state index is -0.329. The van der Waals surface area contributed by atoms with E-state index in [0.29, 0.717) is 17.8 Å². The van der Waals surface area contributed by atoms with Gasteiger partial charge in [0.2, 0.25) is 6.39 Å². The number of aliphatic hydroxyl groups is 1. The van der Waals surface area contributed by atoms with Gasteiger partial charge in [0.15, 0.2) is 5.82 Å². The smallest absolute Gasteiger partial charge is 0.270 e. The molecule has 0 aromatic carbocycles. The fourth-order valence-corrected chi connectivity index (χ4v) is 1.34. The highest BCUT2D eigenvalue weighted by Gasteiger charge is 2.07. The van der Waals surface area contributed by atoms with Crippen LogP contribution in [0.5, 0.6) is 0 Å². The Morgan fingerprint density at radius 2 is 2.30 bits per heavy atom. The molecule has 0 fully saturated rings. The number of hydrogen-bond donors (Lipinski definition) is 2. The van der Waals surface area contributed by atoms with Gasteiger partial charge in [-0.25, -0.2) is 4.98 Å². The highest BCUT2D eigenvalue weighted by molar-refractivity contribution is 5.92. The molecule has 2 rings (SSSR count). The molecule has 2 N–H and O–H groups in total. The predicted octanol–water partition coefficient (Wildman–Crippen LogP) is 0.129. The van der Waals surface area contributed by atoms with Crippen molar-refractivity contribution in [1.82, 2.24) is 20.4 Å². The third-order valence-corrected chi connectivity index (χ3v) is 2.28. The van der Waals surface area contributed by atoms with Crippen LogP contribution in [0.3, 0.4) is 0 Å². The quantitative estimate of drug-likeness (QED) is 0.767. The minimum Gasteiger partial charge on any atom is -0.395 e. The number of nitrogens with one attached hydrogen (secondary N) is 1. The van der Waals surface area contributed by atoms with Gasteiger partial charge < -0.3 is 14.9 Å². The van der Waals surface area contributed by atoms with E-state index in [1.54, 1.807) is 12.1 Å². The van der Waals surface area contributed by atoms with Crippen molar-refractivity contribution in [3.63, 3.8) is 0 Å². The molecule has 2 aromatic heterocycles. The average molecular weight is 272 g/mol. The summed E-state index contributed by atoms with van der Waals surface area (Å²) < 4.78 is 4.55. The van der Waals surface area contributed by atoms with Crippen LogP contribution in [0.15, 0.2) is 29.2 Å². The van der Waals surface area contributed by atoms with Gasteiger partial charge in [-0.2, -0.15) is 4.98 Å². The summed E-state index contributed by atoms with van der Waals surface area (Å²) in [5, 5.41) is 14.8. The van der Waals surface area contributed by atoms with Gasteiger partial charge in [0.05, 0.1) is 13.2 Å². The number of nitrogens with zero attached hydrogens (tertiary/aromatic N) is 3. The topological polar surface area (TPSA) is 101 Å². The highest BCUT2D eigenvalue weighted by atomic mass is 16.5. The van der Waals surface area contributed by atoms with E-state index in [0.717, 1.165) is 0 Å². The lowest BCUT2D eigenvalue weighted by Gasteiger charge is -2.01. The lowest BCUT2D eigenvalue weighted by Crippen LogP contribution is -2.24. The molecule has 7 heteroatoms. The number of aromatic nitrogens is 3. The van der Waals surface area contributed by atoms with E-state index < -0.39 is 0 Å². The molecule has 2 aromatic rings. The van der Waals surface area contributed by atoms with Gasteiger partial charge in [-0.3, -0.25) is 4.79 Å². The second kappa shape index (κ2) is 7.01. The molecule has 0 aliphatic carbocycles. The van der Waals surface area contributed by atoms with Gasteiger partial charge in [0.1, 0.15) is 5.69 Å². The Morgan fingerprint density at radius 1 is 1.40 bits per heavy atom. The third-order valence-electron chi connectivity index (χ3n) is 2.28. The molecule has 0 saturated carbocycles. The predicted molar refractivity (Wildman–Crippen MR) is 68.3 cm³/mol. The molecule has 0 atom stereocenters. The summed E-state index contributed by atoms with van der Waals surface area (Å²) in [4.78, 5) is 19.6. The molecule has 0 saturated heterocycles. The van der Waals surface area contributed by atoms with Crippen LogP contribution in [0, 0.1) is 11.8 Å². The van der Waals surface area contributed by atoms with Crippen LogP contribution in [0.4, 0.5) is 0 Å². The Balaban J connectivity index is 1.92. The first-order chi connectivity index (χ1) is 9.79. The SMILES string of the molecule is O=C(NCc1ncon1)c1ccc(C#CCCO)cn1. The molecule has 0 radical (unpaired) electrons. The second-order valence-electron chi connectivity index (χ2n) is 3.74. The summed E-state index contributed by atoms with van der Waals surface area (Å²) >= 11 is 0. The van der Waals surface area contributed by atoms with Crippen LogP contribution in [-0.2, 0) is 6.54 Å². The summed E-state index contributed by atoms with van der Waals surface area (Å²) in [6.07, 6.45) is 3.11. The molecule has 0 bridgehead atoms. The van der Waals surface area contributed by atoms with Crippen molar-refractivity contribution >= 4 is 5.91 Å². The number of carbonyl (C=O) groups is 1. The van der Waals surface area contributed by atoms with E-state index in [1.807, 2.05) is 0 Å². The fraction of sp³-hybridized carbons (Fsp3) is 0.231. The van der Waals surface area contributed by atoms with Gasteiger partial charge in [-0.1, -0.05) is 17.0 Å². The van der Waals surface area contributed by atoms with Gasteiger partial charge in [-0.15, -0.1) is 0 Å². The zero-order valence-corrected chi connectivity index (χ0v) is 10.5. The first-order valence-electron chi connectivity index (χ1n) is 5.89. The maximum atomic E-state index is 11.8. The van der Waals surface area contributed by atoms with Crippen LogP contribution >= 0.6 is 0 Å².